The van der Waals surface area contributed by atoms with Crippen LogP contribution >= 0.6 is 0 Å². The molecule has 2 aromatic carbocycles. The van der Waals surface area contributed by atoms with Gasteiger partial charge in [-0.3, -0.25) is 14.4 Å². The van der Waals surface area contributed by atoms with E-state index in [0.29, 0.717) is 18.7 Å². The summed E-state index contributed by atoms with van der Waals surface area (Å²) >= 11 is 0. The summed E-state index contributed by atoms with van der Waals surface area (Å²) < 4.78 is 7.63. The minimum atomic E-state index is -0.535. The summed E-state index contributed by atoms with van der Waals surface area (Å²) in [5.41, 5.74) is 4.20. The van der Waals surface area contributed by atoms with Crippen molar-refractivity contribution in [1.29, 1.82) is 0 Å². The fourth-order valence-corrected chi connectivity index (χ4v) is 5.39. The maximum Gasteiger partial charge on any atom is 0.308 e. The van der Waals surface area contributed by atoms with Crippen molar-refractivity contribution in [3.63, 3.8) is 0 Å². The Kier molecular flexibility index (Phi) is 12.4. The number of hydrogen-bond acceptors (Lipinski definition) is 4. The second-order valence-electron chi connectivity index (χ2n) is 11.0. The predicted octanol–water partition coefficient (Wildman–Crippen LogP) is 6.37. The highest BCUT2D eigenvalue weighted by Gasteiger charge is 2.25. The molecular weight excluding hydrogens is 514 g/mol. The number of nitrogens with zero attached hydrogens (tertiary/aromatic N) is 2. The van der Waals surface area contributed by atoms with Gasteiger partial charge in [0.25, 0.3) is 0 Å². The third-order valence-corrected chi connectivity index (χ3v) is 7.67. The van der Waals surface area contributed by atoms with E-state index >= 15 is 0 Å². The van der Waals surface area contributed by atoms with Crippen molar-refractivity contribution in [2.75, 3.05) is 13.6 Å². The number of fused-ring (bicyclic) bond motifs is 1. The maximum atomic E-state index is 13.5. The summed E-state index contributed by atoms with van der Waals surface area (Å²) in [6.45, 7) is 9.14. The Morgan fingerprint density at radius 1 is 0.976 bits per heavy atom. The second kappa shape index (κ2) is 16.0. The lowest BCUT2D eigenvalue weighted by atomic mass is 10.0. The molecule has 0 radical (unpaired) electrons. The van der Waals surface area contributed by atoms with Gasteiger partial charge in [-0.25, -0.2) is 0 Å². The number of nitrogens with one attached hydrogen (secondary N) is 1. The lowest BCUT2D eigenvalue weighted by Gasteiger charge is -2.25. The second-order valence-corrected chi connectivity index (χ2v) is 11.0. The highest BCUT2D eigenvalue weighted by molar-refractivity contribution is 5.93. The number of benzene rings is 2. The van der Waals surface area contributed by atoms with Gasteiger partial charge in [-0.2, -0.15) is 0 Å². The topological polar surface area (TPSA) is 80.6 Å². The van der Waals surface area contributed by atoms with Crippen LogP contribution in [0.15, 0.2) is 48.5 Å². The van der Waals surface area contributed by atoms with E-state index in [-0.39, 0.29) is 24.2 Å². The standard InChI is InChI=1S/C34H47N3O4/c1-6-8-11-18-31(34(40)36(5)21-9-7-2)35-33(39)24-29-25(3)37(22-14-17-27-15-12-10-13-16-27)32-20-19-28(23-30(29)32)41-26(4)38/h10,12-13,15-16,19-20,23,31H,6-9,11,14,17-18,21-22,24H2,1-5H3,(H,35,39). The van der Waals surface area contributed by atoms with Gasteiger partial charge >= 0.3 is 5.97 Å². The Hall–Kier alpha value is -3.61. The van der Waals surface area contributed by atoms with Crippen molar-refractivity contribution in [3.05, 3.63) is 65.4 Å². The first-order valence-corrected chi connectivity index (χ1v) is 15.1. The van der Waals surface area contributed by atoms with Crippen molar-refractivity contribution in [1.82, 2.24) is 14.8 Å². The smallest absolute Gasteiger partial charge is 0.308 e. The van der Waals surface area contributed by atoms with Gasteiger partial charge in [-0.15, -0.1) is 0 Å². The number of rotatable bonds is 16. The van der Waals surface area contributed by atoms with Crippen LogP contribution in [-0.4, -0.2) is 46.9 Å². The molecule has 7 heteroatoms. The van der Waals surface area contributed by atoms with Crippen molar-refractivity contribution in [3.8, 4) is 5.75 Å². The molecule has 1 heterocycles. The Bertz CT molecular complexity index is 1300. The quantitative estimate of drug-likeness (QED) is 0.125. The molecule has 3 aromatic rings. The Balaban J connectivity index is 1.85. The summed E-state index contributed by atoms with van der Waals surface area (Å²) in [5, 5.41) is 3.96. The van der Waals surface area contributed by atoms with E-state index in [4.69, 9.17) is 4.74 Å². The monoisotopic (exact) mass is 561 g/mol. The number of carbonyl (C=O) groups excluding carboxylic acids is 3. The molecule has 1 atom stereocenters. The third kappa shape index (κ3) is 9.20. The number of hydrogen-bond donors (Lipinski definition) is 1. The van der Waals surface area contributed by atoms with E-state index in [1.165, 1.54) is 12.5 Å². The van der Waals surface area contributed by atoms with Crippen LogP contribution < -0.4 is 10.1 Å². The van der Waals surface area contributed by atoms with Crippen LogP contribution in [0.2, 0.25) is 0 Å². The fraction of sp³-hybridized carbons (Fsp3) is 0.500. The van der Waals surface area contributed by atoms with Crippen molar-refractivity contribution < 1.29 is 19.1 Å². The molecule has 41 heavy (non-hydrogen) atoms. The molecule has 1 unspecified atom stereocenters. The first kappa shape index (κ1) is 31.9. The Morgan fingerprint density at radius 2 is 1.71 bits per heavy atom. The predicted molar refractivity (Wildman–Crippen MR) is 165 cm³/mol. The fourth-order valence-electron chi connectivity index (χ4n) is 5.39. The molecule has 0 fully saturated rings. The van der Waals surface area contributed by atoms with E-state index in [1.807, 2.05) is 32.2 Å². The van der Waals surface area contributed by atoms with E-state index in [9.17, 15) is 14.4 Å². The molecule has 0 bridgehead atoms. The minimum Gasteiger partial charge on any atom is -0.427 e. The van der Waals surface area contributed by atoms with E-state index < -0.39 is 6.04 Å². The molecule has 1 N–H and O–H groups in total. The first-order chi connectivity index (χ1) is 19.7. The van der Waals surface area contributed by atoms with E-state index in [2.05, 4.69) is 48.0 Å². The molecule has 0 aliphatic rings. The lowest BCUT2D eigenvalue weighted by Crippen LogP contribution is -2.48. The molecule has 0 aliphatic carbocycles. The van der Waals surface area contributed by atoms with Gasteiger partial charge in [-0.05, 0) is 61.9 Å². The van der Waals surface area contributed by atoms with Gasteiger partial charge in [0, 0.05) is 43.7 Å². The molecule has 1 aromatic heterocycles. The number of carbonyl (C=O) groups is 3. The normalized spacial score (nSPS) is 11.8. The number of ether oxygens (including phenoxy) is 1. The third-order valence-electron chi connectivity index (χ3n) is 7.67. The van der Waals surface area contributed by atoms with Gasteiger partial charge in [-0.1, -0.05) is 69.9 Å². The summed E-state index contributed by atoms with van der Waals surface area (Å²) in [6.07, 6.45) is 7.58. The van der Waals surface area contributed by atoms with Crippen molar-refractivity contribution >= 4 is 28.7 Å². The van der Waals surface area contributed by atoms with Crippen LogP contribution in [0, 0.1) is 6.92 Å². The summed E-state index contributed by atoms with van der Waals surface area (Å²) in [7, 11) is 1.82. The van der Waals surface area contributed by atoms with Crippen LogP contribution in [0.3, 0.4) is 0 Å². The van der Waals surface area contributed by atoms with Crippen LogP contribution in [-0.2, 0) is 33.8 Å². The molecule has 222 valence electrons. The maximum absolute atomic E-state index is 13.5. The summed E-state index contributed by atoms with van der Waals surface area (Å²) in [4.78, 5) is 40.1. The number of esters is 1. The largest absolute Gasteiger partial charge is 0.427 e. The van der Waals surface area contributed by atoms with Gasteiger partial charge in [0.2, 0.25) is 11.8 Å². The van der Waals surface area contributed by atoms with Crippen LogP contribution in [0.5, 0.6) is 5.75 Å². The molecule has 2 amide bonds. The highest BCUT2D eigenvalue weighted by atomic mass is 16.5. The van der Waals surface area contributed by atoms with Gasteiger partial charge in [0.05, 0.1) is 6.42 Å². The summed E-state index contributed by atoms with van der Waals surface area (Å²) in [6, 6.07) is 15.5. The first-order valence-electron chi connectivity index (χ1n) is 15.1. The number of aromatic nitrogens is 1. The highest BCUT2D eigenvalue weighted by Crippen LogP contribution is 2.30. The molecule has 3 rings (SSSR count). The molecule has 0 saturated heterocycles. The van der Waals surface area contributed by atoms with E-state index in [0.717, 1.165) is 73.7 Å². The van der Waals surface area contributed by atoms with Gasteiger partial charge in [0.15, 0.2) is 0 Å². The SMILES string of the molecule is CCCCCC(NC(=O)Cc1c(C)n(CCCc2ccccc2)c2ccc(OC(C)=O)cc12)C(=O)N(C)CCCC. The molecule has 0 saturated carbocycles. The Labute approximate surface area is 245 Å². The molecule has 0 spiro atoms. The van der Waals surface area contributed by atoms with Crippen LogP contribution in [0.4, 0.5) is 0 Å². The molecule has 7 nitrogen and oxygen atoms in total. The number of likely N-dealkylation sites (N-methyl/N-ethyl adjacent to an activating group) is 1. The van der Waals surface area contributed by atoms with Crippen molar-refractivity contribution in [2.24, 2.45) is 0 Å². The summed E-state index contributed by atoms with van der Waals surface area (Å²) in [5.74, 6) is -0.130. The molecular formula is C34H47N3O4. The molecule has 0 aliphatic heterocycles. The zero-order chi connectivity index (χ0) is 29.8. The number of amides is 2. The zero-order valence-corrected chi connectivity index (χ0v) is 25.5. The zero-order valence-electron chi connectivity index (χ0n) is 25.5. The van der Waals surface area contributed by atoms with Crippen molar-refractivity contribution in [2.45, 2.75) is 98.1 Å². The number of aryl methyl sites for hydroxylation is 2. The van der Waals surface area contributed by atoms with E-state index in [1.54, 1.807) is 11.0 Å². The van der Waals surface area contributed by atoms with Gasteiger partial charge < -0.3 is 19.5 Å². The van der Waals surface area contributed by atoms with Crippen LogP contribution in [0.25, 0.3) is 10.9 Å². The lowest BCUT2D eigenvalue weighted by molar-refractivity contribution is -0.135. The average molecular weight is 562 g/mol. The number of unbranched alkanes of at least 4 members (excludes halogenated alkanes) is 3. The minimum absolute atomic E-state index is 0.0277. The average Bonchev–Trinajstić information content (AvgIpc) is 3.20. The van der Waals surface area contributed by atoms with Gasteiger partial charge in [0.1, 0.15) is 11.8 Å². The van der Waals surface area contributed by atoms with Crippen LogP contribution in [0.1, 0.15) is 82.5 Å². The Morgan fingerprint density at radius 3 is 2.39 bits per heavy atom.